The van der Waals surface area contributed by atoms with Crippen LogP contribution in [0.1, 0.15) is 11.5 Å². The molecule has 1 unspecified atom stereocenters. The number of carbonyl (C=O) groups excluding carboxylic acids is 2. The van der Waals surface area contributed by atoms with Gasteiger partial charge in [-0.2, -0.15) is 5.26 Å². The summed E-state index contributed by atoms with van der Waals surface area (Å²) in [5.41, 5.74) is 6.67. The molecular weight excluding hydrogens is 477 g/mol. The van der Waals surface area contributed by atoms with Crippen molar-refractivity contribution in [1.29, 1.82) is 5.26 Å². The summed E-state index contributed by atoms with van der Waals surface area (Å²) < 4.78 is 9.92. The van der Waals surface area contributed by atoms with Crippen LogP contribution in [-0.4, -0.2) is 26.2 Å². The van der Waals surface area contributed by atoms with Crippen LogP contribution in [0.2, 0.25) is 15.1 Å². The third-order valence-electron chi connectivity index (χ3n) is 4.87. The minimum absolute atomic E-state index is 0.00570. The number of halogens is 3. The first kappa shape index (κ1) is 23.5. The lowest BCUT2D eigenvalue weighted by atomic mass is 9.81. The van der Waals surface area contributed by atoms with Crippen molar-refractivity contribution in [2.75, 3.05) is 19.1 Å². The van der Waals surface area contributed by atoms with Gasteiger partial charge in [-0.3, -0.25) is 4.90 Å². The molecule has 0 aliphatic carbocycles. The van der Waals surface area contributed by atoms with E-state index >= 15 is 0 Å². The number of nitriles is 1. The molecule has 0 amide bonds. The van der Waals surface area contributed by atoms with E-state index in [1.165, 1.54) is 12.1 Å². The fraction of sp³-hybridized carbons (Fsp3) is 0.136. The Morgan fingerprint density at radius 3 is 2.19 bits per heavy atom. The van der Waals surface area contributed by atoms with Crippen LogP contribution in [0.15, 0.2) is 65.1 Å². The zero-order chi connectivity index (χ0) is 23.6. The van der Waals surface area contributed by atoms with Gasteiger partial charge in [0.25, 0.3) is 0 Å². The largest absolute Gasteiger partial charge is 0.466 e. The lowest BCUT2D eigenvalue weighted by molar-refractivity contribution is -0.139. The fourth-order valence-corrected chi connectivity index (χ4v) is 4.07. The van der Waals surface area contributed by atoms with Gasteiger partial charge in [0.1, 0.15) is 11.5 Å². The van der Waals surface area contributed by atoms with Crippen LogP contribution in [0.5, 0.6) is 0 Å². The second kappa shape index (κ2) is 9.53. The lowest BCUT2D eigenvalue weighted by Gasteiger charge is -2.36. The number of rotatable bonds is 4. The molecule has 0 fully saturated rings. The Morgan fingerprint density at radius 2 is 1.62 bits per heavy atom. The summed E-state index contributed by atoms with van der Waals surface area (Å²) in [6.07, 6.45) is 0. The molecule has 0 radical (unpaired) electrons. The van der Waals surface area contributed by atoms with Crippen molar-refractivity contribution in [2.45, 2.75) is 5.92 Å². The molecule has 0 aromatic heterocycles. The minimum Gasteiger partial charge on any atom is -0.466 e. The number of hydrogen-bond acceptors (Lipinski definition) is 7. The van der Waals surface area contributed by atoms with Crippen LogP contribution in [0.25, 0.3) is 0 Å². The van der Waals surface area contributed by atoms with Crippen LogP contribution < -0.4 is 10.6 Å². The number of allylic oxidation sites excluding steroid dienone is 1. The van der Waals surface area contributed by atoms with Crippen molar-refractivity contribution in [1.82, 2.24) is 0 Å². The number of hydrogen-bond donors (Lipinski definition) is 1. The molecular formula is C22H16Cl3N3O4. The molecule has 2 aromatic carbocycles. The number of ether oxygens (including phenoxy) is 2. The summed E-state index contributed by atoms with van der Waals surface area (Å²) in [6, 6.07) is 13.6. The Labute approximate surface area is 199 Å². The van der Waals surface area contributed by atoms with Gasteiger partial charge in [-0.15, -0.1) is 0 Å². The molecule has 0 bridgehead atoms. The molecule has 1 atom stereocenters. The average Bonchev–Trinajstić information content (AvgIpc) is 2.81. The maximum Gasteiger partial charge on any atom is 0.355 e. The molecule has 0 saturated carbocycles. The monoisotopic (exact) mass is 491 g/mol. The van der Waals surface area contributed by atoms with E-state index in [2.05, 4.69) is 6.07 Å². The third kappa shape index (κ3) is 3.89. The number of benzene rings is 2. The predicted octanol–water partition coefficient (Wildman–Crippen LogP) is 4.54. The second-order valence-electron chi connectivity index (χ2n) is 6.53. The number of carbonyl (C=O) groups is 2. The first-order valence-corrected chi connectivity index (χ1v) is 10.2. The van der Waals surface area contributed by atoms with Gasteiger partial charge in [0, 0.05) is 0 Å². The molecule has 32 heavy (non-hydrogen) atoms. The van der Waals surface area contributed by atoms with Gasteiger partial charge in [0.2, 0.25) is 0 Å². The van der Waals surface area contributed by atoms with E-state index in [1.54, 1.807) is 30.3 Å². The summed E-state index contributed by atoms with van der Waals surface area (Å²) >= 11 is 18.6. The number of anilines is 1. The lowest BCUT2D eigenvalue weighted by Crippen LogP contribution is -2.40. The summed E-state index contributed by atoms with van der Waals surface area (Å²) in [6.45, 7) is 0. The molecule has 3 rings (SSSR count). The molecule has 10 heteroatoms. The fourth-order valence-electron chi connectivity index (χ4n) is 3.45. The molecule has 164 valence electrons. The van der Waals surface area contributed by atoms with E-state index in [1.807, 2.05) is 0 Å². The summed E-state index contributed by atoms with van der Waals surface area (Å²) in [5, 5.41) is 10.1. The van der Waals surface area contributed by atoms with Crippen molar-refractivity contribution in [3.63, 3.8) is 0 Å². The Kier molecular flexibility index (Phi) is 6.99. The summed E-state index contributed by atoms with van der Waals surface area (Å²) in [5.74, 6) is -2.86. The van der Waals surface area contributed by atoms with Gasteiger partial charge in [-0.05, 0) is 17.7 Å². The smallest absolute Gasteiger partial charge is 0.355 e. The molecule has 1 heterocycles. The molecule has 0 saturated heterocycles. The van der Waals surface area contributed by atoms with Gasteiger partial charge < -0.3 is 15.2 Å². The van der Waals surface area contributed by atoms with Crippen molar-refractivity contribution in [2.24, 2.45) is 5.73 Å². The van der Waals surface area contributed by atoms with E-state index in [4.69, 9.17) is 50.0 Å². The highest BCUT2D eigenvalue weighted by Gasteiger charge is 2.43. The van der Waals surface area contributed by atoms with Crippen molar-refractivity contribution >= 4 is 52.4 Å². The second-order valence-corrected chi connectivity index (χ2v) is 7.69. The van der Waals surface area contributed by atoms with Crippen LogP contribution in [0, 0.1) is 11.3 Å². The zero-order valence-electron chi connectivity index (χ0n) is 16.9. The highest BCUT2D eigenvalue weighted by Crippen LogP contribution is 2.46. The highest BCUT2D eigenvalue weighted by molar-refractivity contribution is 6.49. The molecule has 2 N–H and O–H groups in total. The predicted molar refractivity (Wildman–Crippen MR) is 121 cm³/mol. The van der Waals surface area contributed by atoms with E-state index in [9.17, 15) is 14.9 Å². The van der Waals surface area contributed by atoms with Crippen molar-refractivity contribution in [3.05, 3.63) is 85.8 Å². The highest BCUT2D eigenvalue weighted by atomic mass is 35.5. The van der Waals surface area contributed by atoms with Gasteiger partial charge in [-0.1, -0.05) is 65.1 Å². The maximum absolute atomic E-state index is 13.0. The summed E-state index contributed by atoms with van der Waals surface area (Å²) in [4.78, 5) is 27.1. The first-order chi connectivity index (χ1) is 15.3. The number of nitrogens with zero attached hydrogens (tertiary/aromatic N) is 2. The van der Waals surface area contributed by atoms with Crippen LogP contribution >= 0.6 is 34.8 Å². The van der Waals surface area contributed by atoms with E-state index in [0.29, 0.717) is 5.56 Å². The van der Waals surface area contributed by atoms with Crippen molar-refractivity contribution in [3.8, 4) is 6.07 Å². The maximum atomic E-state index is 13.0. The van der Waals surface area contributed by atoms with Gasteiger partial charge >= 0.3 is 11.9 Å². The Hall–Kier alpha value is -3.18. The first-order valence-electron chi connectivity index (χ1n) is 9.07. The average molecular weight is 493 g/mol. The van der Waals surface area contributed by atoms with E-state index in [0.717, 1.165) is 19.1 Å². The standard InChI is InChI=1S/C22H16Cl3N3O4/c1-31-21(29)16-15(11-6-4-3-5-7-11)12(10-26)20(27)28(19(16)22(30)32-2)14-9-8-13(23)17(24)18(14)25/h3-9,15H,27H2,1-2H3. The molecule has 1 aliphatic rings. The van der Waals surface area contributed by atoms with Gasteiger partial charge in [0.15, 0.2) is 0 Å². The van der Waals surface area contributed by atoms with E-state index in [-0.39, 0.29) is 43.4 Å². The van der Waals surface area contributed by atoms with Crippen molar-refractivity contribution < 1.29 is 19.1 Å². The van der Waals surface area contributed by atoms with Crippen LogP contribution in [-0.2, 0) is 19.1 Å². The molecule has 7 nitrogen and oxygen atoms in total. The van der Waals surface area contributed by atoms with Gasteiger partial charge in [-0.25, -0.2) is 9.59 Å². The molecule has 0 spiro atoms. The topological polar surface area (TPSA) is 106 Å². The summed E-state index contributed by atoms with van der Waals surface area (Å²) in [7, 11) is 2.31. The van der Waals surface area contributed by atoms with Gasteiger partial charge in [0.05, 0.1) is 58.1 Å². The number of methoxy groups -OCH3 is 2. The molecule has 1 aliphatic heterocycles. The third-order valence-corrected chi connectivity index (χ3v) is 6.15. The Bertz CT molecular complexity index is 1200. The normalized spacial score (nSPS) is 16.0. The number of esters is 2. The SMILES string of the molecule is COC(=O)C1=C(C(=O)OC)N(c2ccc(Cl)c(Cl)c2Cl)C(N)=C(C#N)C1c1ccccc1. The Morgan fingerprint density at radius 1 is 1.00 bits per heavy atom. The van der Waals surface area contributed by atoms with Crippen LogP contribution in [0.3, 0.4) is 0 Å². The Balaban J connectivity index is 2.46. The quantitative estimate of drug-likeness (QED) is 0.493. The minimum atomic E-state index is -0.986. The zero-order valence-corrected chi connectivity index (χ0v) is 19.1. The number of nitrogens with two attached hydrogens (primary N) is 1. The molecule has 2 aromatic rings. The van der Waals surface area contributed by atoms with Crippen LogP contribution in [0.4, 0.5) is 5.69 Å². The van der Waals surface area contributed by atoms with E-state index < -0.39 is 17.9 Å².